The molecule has 0 saturated heterocycles. The summed E-state index contributed by atoms with van der Waals surface area (Å²) in [5, 5.41) is 0.976. The van der Waals surface area contributed by atoms with Gasteiger partial charge in [-0.15, -0.1) is 11.3 Å². The molecule has 0 atom stereocenters. The van der Waals surface area contributed by atoms with Gasteiger partial charge in [0.05, 0.1) is 12.2 Å². The van der Waals surface area contributed by atoms with E-state index in [1.807, 2.05) is 6.92 Å². The highest BCUT2D eigenvalue weighted by atomic mass is 32.2. The summed E-state index contributed by atoms with van der Waals surface area (Å²) in [5.74, 6) is 0. The van der Waals surface area contributed by atoms with E-state index in [9.17, 15) is 8.42 Å². The number of nitrogens with zero attached hydrogens (tertiary/aromatic N) is 2. The molecule has 2 aromatic rings. The van der Waals surface area contributed by atoms with Gasteiger partial charge in [0.1, 0.15) is 5.01 Å². The zero-order valence-corrected chi connectivity index (χ0v) is 12.2. The van der Waals surface area contributed by atoms with E-state index in [2.05, 4.69) is 14.7 Å². The number of hydrogen-bond donors (Lipinski definition) is 2. The van der Waals surface area contributed by atoms with Gasteiger partial charge in [0.2, 0.25) is 0 Å². The van der Waals surface area contributed by atoms with Gasteiger partial charge in [-0.2, -0.15) is 0 Å². The van der Waals surface area contributed by atoms with E-state index in [-0.39, 0.29) is 15.9 Å². The van der Waals surface area contributed by atoms with Gasteiger partial charge in [-0.1, -0.05) is 11.3 Å². The molecule has 0 aliphatic heterocycles. The van der Waals surface area contributed by atoms with E-state index >= 15 is 0 Å². The summed E-state index contributed by atoms with van der Waals surface area (Å²) < 4.78 is 26.7. The summed E-state index contributed by atoms with van der Waals surface area (Å²) in [6.45, 7) is 3.72. The van der Waals surface area contributed by atoms with E-state index in [0.29, 0.717) is 5.69 Å². The molecule has 0 amide bonds. The Bertz CT molecular complexity index is 659. The highest BCUT2D eigenvalue weighted by molar-refractivity contribution is 7.91. The van der Waals surface area contributed by atoms with Crippen LogP contribution in [0.25, 0.3) is 0 Å². The predicted molar refractivity (Wildman–Crippen MR) is 72.1 cm³/mol. The maximum atomic E-state index is 12.0. The van der Waals surface area contributed by atoms with E-state index < -0.39 is 10.0 Å². The van der Waals surface area contributed by atoms with Crippen LogP contribution in [0.4, 0.5) is 5.13 Å². The van der Waals surface area contributed by atoms with Gasteiger partial charge in [-0.3, -0.25) is 0 Å². The van der Waals surface area contributed by atoms with Gasteiger partial charge < -0.3 is 5.73 Å². The van der Waals surface area contributed by atoms with Gasteiger partial charge in [0.15, 0.2) is 9.34 Å². The standard InChI is InChI=1S/C9H12N4O2S3/c1-5-3-11-7(16-5)4-12-18(14,15)8-6(2)13-9(10)17-8/h3,12H,4H2,1-2H3,(H2,10,13). The third kappa shape index (κ3) is 2.86. The van der Waals surface area contributed by atoms with Crippen molar-refractivity contribution in [2.24, 2.45) is 0 Å². The first-order chi connectivity index (χ1) is 8.38. The van der Waals surface area contributed by atoms with Crippen molar-refractivity contribution in [3.63, 3.8) is 0 Å². The van der Waals surface area contributed by atoms with Crippen molar-refractivity contribution in [1.29, 1.82) is 0 Å². The van der Waals surface area contributed by atoms with Crippen molar-refractivity contribution in [1.82, 2.24) is 14.7 Å². The molecule has 6 nitrogen and oxygen atoms in total. The fourth-order valence-electron chi connectivity index (χ4n) is 1.36. The Morgan fingerprint density at radius 3 is 2.61 bits per heavy atom. The Kier molecular flexibility index (Phi) is 3.66. The summed E-state index contributed by atoms with van der Waals surface area (Å²) >= 11 is 2.42. The van der Waals surface area contributed by atoms with Crippen LogP contribution in [-0.4, -0.2) is 18.4 Å². The average molecular weight is 304 g/mol. The first kappa shape index (κ1) is 13.4. The van der Waals surface area contributed by atoms with Crippen molar-refractivity contribution in [3.05, 3.63) is 21.8 Å². The Hall–Kier alpha value is -1.03. The third-order valence-electron chi connectivity index (χ3n) is 2.10. The summed E-state index contributed by atoms with van der Waals surface area (Å²) in [7, 11) is -3.57. The molecule has 0 fully saturated rings. The van der Waals surface area contributed by atoms with Gasteiger partial charge >= 0.3 is 0 Å². The molecule has 9 heteroatoms. The van der Waals surface area contributed by atoms with Crippen LogP contribution < -0.4 is 10.5 Å². The second-order valence-corrected chi connectivity index (χ2v) is 7.93. The van der Waals surface area contributed by atoms with Crippen molar-refractivity contribution < 1.29 is 8.42 Å². The minimum absolute atomic E-state index is 0.160. The van der Waals surface area contributed by atoms with Crippen LogP contribution in [0.5, 0.6) is 0 Å². The van der Waals surface area contributed by atoms with E-state index in [1.165, 1.54) is 11.3 Å². The first-order valence-electron chi connectivity index (χ1n) is 5.02. The van der Waals surface area contributed by atoms with Crippen LogP contribution in [0.3, 0.4) is 0 Å². The zero-order chi connectivity index (χ0) is 13.3. The van der Waals surface area contributed by atoms with E-state index in [0.717, 1.165) is 21.2 Å². The maximum Gasteiger partial charge on any atom is 0.252 e. The second kappa shape index (κ2) is 4.92. The van der Waals surface area contributed by atoms with Crippen LogP contribution >= 0.6 is 22.7 Å². The number of aromatic nitrogens is 2. The minimum Gasteiger partial charge on any atom is -0.375 e. The number of nitrogens with two attached hydrogens (primary N) is 1. The van der Waals surface area contributed by atoms with Crippen molar-refractivity contribution in [2.45, 2.75) is 24.6 Å². The number of nitrogen functional groups attached to an aromatic ring is 1. The smallest absolute Gasteiger partial charge is 0.252 e. The Labute approximate surface area is 113 Å². The van der Waals surface area contributed by atoms with Crippen molar-refractivity contribution >= 4 is 37.8 Å². The SMILES string of the molecule is Cc1cnc(CNS(=O)(=O)c2sc(N)nc2C)s1. The third-order valence-corrected chi connectivity index (χ3v) is 6.01. The van der Waals surface area contributed by atoms with Crippen LogP contribution in [0.2, 0.25) is 0 Å². The normalized spacial score (nSPS) is 11.9. The number of anilines is 1. The predicted octanol–water partition coefficient (Wildman–Crippen LogP) is 1.28. The molecule has 2 rings (SSSR count). The fourth-order valence-corrected chi connectivity index (χ4v) is 4.51. The summed E-state index contributed by atoms with van der Waals surface area (Å²) in [6, 6.07) is 0. The molecule has 0 spiro atoms. The van der Waals surface area contributed by atoms with E-state index in [4.69, 9.17) is 5.73 Å². The fraction of sp³-hybridized carbons (Fsp3) is 0.333. The van der Waals surface area contributed by atoms with Gasteiger partial charge in [-0.25, -0.2) is 23.1 Å². The van der Waals surface area contributed by atoms with Gasteiger partial charge in [0, 0.05) is 11.1 Å². The Morgan fingerprint density at radius 1 is 1.39 bits per heavy atom. The molecule has 0 aliphatic carbocycles. The molecule has 2 aromatic heterocycles. The molecule has 0 aromatic carbocycles. The minimum atomic E-state index is -3.57. The summed E-state index contributed by atoms with van der Waals surface area (Å²) in [4.78, 5) is 9.04. The lowest BCUT2D eigenvalue weighted by Crippen LogP contribution is -2.23. The highest BCUT2D eigenvalue weighted by Crippen LogP contribution is 2.24. The lowest BCUT2D eigenvalue weighted by Gasteiger charge is -2.02. The number of thiazole rings is 2. The topological polar surface area (TPSA) is 98.0 Å². The van der Waals surface area contributed by atoms with Crippen LogP contribution in [0, 0.1) is 13.8 Å². The lowest BCUT2D eigenvalue weighted by molar-refractivity contribution is 0.582. The van der Waals surface area contributed by atoms with Crippen LogP contribution in [0.15, 0.2) is 10.4 Å². The monoisotopic (exact) mass is 304 g/mol. The summed E-state index contributed by atoms with van der Waals surface area (Å²) in [6.07, 6.45) is 1.71. The second-order valence-electron chi connectivity index (χ2n) is 3.61. The Morgan fingerprint density at radius 2 is 2.11 bits per heavy atom. The molecule has 0 aliphatic rings. The maximum absolute atomic E-state index is 12.0. The lowest BCUT2D eigenvalue weighted by atomic mass is 10.6. The van der Waals surface area contributed by atoms with Crippen molar-refractivity contribution in [2.75, 3.05) is 5.73 Å². The number of hydrogen-bond acceptors (Lipinski definition) is 7. The Balaban J connectivity index is 2.15. The molecule has 0 unspecified atom stereocenters. The molecule has 0 radical (unpaired) electrons. The molecule has 0 saturated carbocycles. The zero-order valence-electron chi connectivity index (χ0n) is 9.80. The molecule has 18 heavy (non-hydrogen) atoms. The highest BCUT2D eigenvalue weighted by Gasteiger charge is 2.21. The van der Waals surface area contributed by atoms with Crippen LogP contribution in [0.1, 0.15) is 15.6 Å². The number of sulfonamides is 1. The van der Waals surface area contributed by atoms with E-state index in [1.54, 1.807) is 13.1 Å². The quantitative estimate of drug-likeness (QED) is 0.886. The first-order valence-corrected chi connectivity index (χ1v) is 8.14. The summed E-state index contributed by atoms with van der Waals surface area (Å²) in [5.41, 5.74) is 5.91. The molecular weight excluding hydrogens is 292 g/mol. The van der Waals surface area contributed by atoms with Gasteiger partial charge in [-0.05, 0) is 13.8 Å². The molecular formula is C9H12N4O2S3. The molecule has 0 bridgehead atoms. The average Bonchev–Trinajstić information content (AvgIpc) is 2.82. The molecule has 3 N–H and O–H groups in total. The number of aryl methyl sites for hydroxylation is 2. The number of rotatable bonds is 4. The largest absolute Gasteiger partial charge is 0.375 e. The molecule has 2 heterocycles. The number of nitrogens with one attached hydrogen (secondary N) is 1. The van der Waals surface area contributed by atoms with Gasteiger partial charge in [0.25, 0.3) is 10.0 Å². The van der Waals surface area contributed by atoms with Crippen molar-refractivity contribution in [3.8, 4) is 0 Å². The van der Waals surface area contributed by atoms with Crippen LogP contribution in [-0.2, 0) is 16.6 Å². The molecule has 98 valence electrons.